The van der Waals surface area contributed by atoms with Crippen LogP contribution in [0.2, 0.25) is 0 Å². The second-order valence-corrected chi connectivity index (χ2v) is 8.84. The SMILES string of the molecule is COC(=O)[C@]12C[C@@H](c3ccc(Br)cc3)N(c3ccccc3)[C@H]1c1ccccc1NC2=O. The maximum atomic E-state index is 13.5. The van der Waals surface area contributed by atoms with Gasteiger partial charge in [-0.3, -0.25) is 9.59 Å². The number of benzene rings is 3. The molecule has 3 aromatic rings. The van der Waals surface area contributed by atoms with Crippen LogP contribution in [0.1, 0.15) is 29.6 Å². The Hall–Kier alpha value is -3.12. The topological polar surface area (TPSA) is 58.6 Å². The molecule has 0 saturated carbocycles. The molecule has 1 amide bonds. The highest BCUT2D eigenvalue weighted by atomic mass is 79.9. The number of carbonyl (C=O) groups excluding carboxylic acids is 2. The predicted molar refractivity (Wildman–Crippen MR) is 123 cm³/mol. The summed E-state index contributed by atoms with van der Waals surface area (Å²) < 4.78 is 6.21. The zero-order valence-electron chi connectivity index (χ0n) is 16.9. The van der Waals surface area contributed by atoms with Gasteiger partial charge in [-0.15, -0.1) is 0 Å². The molecule has 2 aliphatic rings. The molecule has 2 heterocycles. The maximum absolute atomic E-state index is 13.5. The number of ether oxygens (including phenoxy) is 1. The molecule has 0 aromatic heterocycles. The minimum atomic E-state index is -1.35. The van der Waals surface area contributed by atoms with Crippen molar-refractivity contribution in [3.63, 3.8) is 0 Å². The summed E-state index contributed by atoms with van der Waals surface area (Å²) >= 11 is 3.50. The fraction of sp³-hybridized carbons (Fsp3) is 0.200. The first-order chi connectivity index (χ1) is 15.1. The molecule has 0 unspecified atom stereocenters. The summed E-state index contributed by atoms with van der Waals surface area (Å²) in [7, 11) is 1.35. The molecule has 1 N–H and O–H groups in total. The molecule has 1 saturated heterocycles. The Morgan fingerprint density at radius 1 is 1.03 bits per heavy atom. The maximum Gasteiger partial charge on any atom is 0.324 e. The lowest BCUT2D eigenvalue weighted by atomic mass is 9.72. The van der Waals surface area contributed by atoms with Crippen LogP contribution in [0.15, 0.2) is 83.3 Å². The van der Waals surface area contributed by atoms with Gasteiger partial charge in [0.05, 0.1) is 19.2 Å². The van der Waals surface area contributed by atoms with Crippen LogP contribution >= 0.6 is 15.9 Å². The first kappa shape index (κ1) is 19.8. The largest absolute Gasteiger partial charge is 0.468 e. The van der Waals surface area contributed by atoms with Crippen LogP contribution in [0.5, 0.6) is 0 Å². The van der Waals surface area contributed by atoms with E-state index < -0.39 is 17.4 Å². The van der Waals surface area contributed by atoms with Gasteiger partial charge < -0.3 is 15.0 Å². The molecule has 5 rings (SSSR count). The van der Waals surface area contributed by atoms with Crippen LogP contribution < -0.4 is 10.2 Å². The molecule has 3 atom stereocenters. The number of rotatable bonds is 3. The van der Waals surface area contributed by atoms with Gasteiger partial charge in [-0.05, 0) is 47.9 Å². The van der Waals surface area contributed by atoms with Crippen molar-refractivity contribution >= 4 is 39.2 Å². The minimum absolute atomic E-state index is 0.184. The van der Waals surface area contributed by atoms with E-state index in [-0.39, 0.29) is 11.9 Å². The molecule has 0 bridgehead atoms. The average molecular weight is 477 g/mol. The van der Waals surface area contributed by atoms with Gasteiger partial charge >= 0.3 is 5.97 Å². The summed E-state index contributed by atoms with van der Waals surface area (Å²) in [5, 5.41) is 2.97. The van der Waals surface area contributed by atoms with Gasteiger partial charge in [0.15, 0.2) is 5.41 Å². The standard InChI is InChI=1S/C25H21BrN2O3/c1-31-24(30)25-15-21(16-11-13-17(26)14-12-16)28(18-7-3-2-4-8-18)22(25)19-9-5-6-10-20(19)27-23(25)29/h2-14,21-22H,15H2,1H3,(H,27,29)/t21-,22-,25+/m0/s1. The number of hydrogen-bond acceptors (Lipinski definition) is 4. The molecular formula is C25H21BrN2O3. The summed E-state index contributed by atoms with van der Waals surface area (Å²) in [4.78, 5) is 29.0. The zero-order chi connectivity index (χ0) is 21.6. The van der Waals surface area contributed by atoms with Gasteiger partial charge in [0.2, 0.25) is 5.91 Å². The number of esters is 1. The van der Waals surface area contributed by atoms with Crippen molar-refractivity contribution in [2.75, 3.05) is 17.3 Å². The van der Waals surface area contributed by atoms with E-state index in [1.165, 1.54) is 7.11 Å². The summed E-state index contributed by atoms with van der Waals surface area (Å²) in [6.45, 7) is 0. The monoisotopic (exact) mass is 476 g/mol. The molecule has 0 aliphatic carbocycles. The van der Waals surface area contributed by atoms with Crippen molar-refractivity contribution in [2.45, 2.75) is 18.5 Å². The van der Waals surface area contributed by atoms with E-state index in [4.69, 9.17) is 4.74 Å². The van der Waals surface area contributed by atoms with Crippen molar-refractivity contribution in [3.05, 3.63) is 94.5 Å². The molecule has 2 aliphatic heterocycles. The summed E-state index contributed by atoms with van der Waals surface area (Å²) in [6.07, 6.45) is 0.320. The normalized spacial score (nSPS) is 24.2. The van der Waals surface area contributed by atoms with Gasteiger partial charge in [-0.2, -0.15) is 0 Å². The number of carbonyl (C=O) groups is 2. The molecule has 5 nitrogen and oxygen atoms in total. The molecule has 3 aromatic carbocycles. The van der Waals surface area contributed by atoms with Crippen molar-refractivity contribution in [3.8, 4) is 0 Å². The smallest absolute Gasteiger partial charge is 0.324 e. The Balaban J connectivity index is 1.78. The number of anilines is 2. The van der Waals surface area contributed by atoms with Gasteiger partial charge in [0.25, 0.3) is 0 Å². The third-order valence-electron chi connectivity index (χ3n) is 6.36. The number of fused-ring (bicyclic) bond motifs is 3. The fourth-order valence-electron chi connectivity index (χ4n) is 5.01. The van der Waals surface area contributed by atoms with E-state index in [1.807, 2.05) is 78.9 Å². The number of nitrogens with zero attached hydrogens (tertiary/aromatic N) is 1. The average Bonchev–Trinajstić information content (AvgIpc) is 3.18. The second-order valence-electron chi connectivity index (χ2n) is 7.92. The third kappa shape index (κ3) is 2.97. The van der Waals surface area contributed by atoms with E-state index in [9.17, 15) is 9.59 Å². The van der Waals surface area contributed by atoms with E-state index >= 15 is 0 Å². The van der Waals surface area contributed by atoms with Crippen LogP contribution in [0.25, 0.3) is 0 Å². The van der Waals surface area contributed by atoms with Crippen LogP contribution in [-0.2, 0) is 14.3 Å². The van der Waals surface area contributed by atoms with E-state index in [0.29, 0.717) is 6.42 Å². The second kappa shape index (κ2) is 7.54. The van der Waals surface area contributed by atoms with Crippen LogP contribution in [0.3, 0.4) is 0 Å². The van der Waals surface area contributed by atoms with E-state index in [0.717, 1.165) is 27.0 Å². The van der Waals surface area contributed by atoms with Gasteiger partial charge in [-0.1, -0.05) is 64.5 Å². The molecular weight excluding hydrogens is 456 g/mol. The predicted octanol–water partition coefficient (Wildman–Crippen LogP) is 5.25. The lowest BCUT2D eigenvalue weighted by molar-refractivity contribution is -0.158. The number of para-hydroxylation sites is 2. The molecule has 1 fully saturated rings. The van der Waals surface area contributed by atoms with Crippen LogP contribution in [0.4, 0.5) is 11.4 Å². The number of hydrogen-bond donors (Lipinski definition) is 1. The third-order valence-corrected chi connectivity index (χ3v) is 6.89. The molecule has 156 valence electrons. The first-order valence-electron chi connectivity index (χ1n) is 10.1. The summed E-state index contributed by atoms with van der Waals surface area (Å²) in [6, 6.07) is 25.0. The quantitative estimate of drug-likeness (QED) is 0.414. The van der Waals surface area contributed by atoms with Crippen molar-refractivity contribution in [1.29, 1.82) is 0 Å². The first-order valence-corrected chi connectivity index (χ1v) is 10.9. The van der Waals surface area contributed by atoms with E-state index in [2.05, 4.69) is 26.1 Å². The Morgan fingerprint density at radius 3 is 2.42 bits per heavy atom. The lowest BCUT2D eigenvalue weighted by Crippen LogP contribution is -2.51. The van der Waals surface area contributed by atoms with Crippen molar-refractivity contribution in [2.24, 2.45) is 5.41 Å². The number of amides is 1. The zero-order valence-corrected chi connectivity index (χ0v) is 18.5. The molecule has 0 spiro atoms. The van der Waals surface area contributed by atoms with E-state index in [1.54, 1.807) is 0 Å². The highest BCUT2D eigenvalue weighted by Crippen LogP contribution is 2.60. The number of nitrogens with one attached hydrogen (secondary N) is 1. The van der Waals surface area contributed by atoms with Gasteiger partial charge in [0, 0.05) is 15.8 Å². The summed E-state index contributed by atoms with van der Waals surface area (Å²) in [5.41, 5.74) is 2.28. The fourth-order valence-corrected chi connectivity index (χ4v) is 5.27. The molecule has 31 heavy (non-hydrogen) atoms. The molecule has 6 heteroatoms. The highest BCUT2D eigenvalue weighted by Gasteiger charge is 2.65. The molecule has 0 radical (unpaired) electrons. The number of halogens is 1. The van der Waals surface area contributed by atoms with Crippen molar-refractivity contribution < 1.29 is 14.3 Å². The van der Waals surface area contributed by atoms with Crippen molar-refractivity contribution in [1.82, 2.24) is 0 Å². The number of methoxy groups -OCH3 is 1. The van der Waals surface area contributed by atoms with Crippen LogP contribution in [0, 0.1) is 5.41 Å². The van der Waals surface area contributed by atoms with Gasteiger partial charge in [0.1, 0.15) is 0 Å². The lowest BCUT2D eigenvalue weighted by Gasteiger charge is -2.41. The Labute approximate surface area is 189 Å². The highest BCUT2D eigenvalue weighted by molar-refractivity contribution is 9.10. The Morgan fingerprint density at radius 2 is 1.71 bits per heavy atom. The Kier molecular flexibility index (Phi) is 4.82. The van der Waals surface area contributed by atoms with Gasteiger partial charge in [-0.25, -0.2) is 0 Å². The Bertz CT molecular complexity index is 1150. The minimum Gasteiger partial charge on any atom is -0.468 e. The summed E-state index contributed by atoms with van der Waals surface area (Å²) in [5.74, 6) is -0.825. The van der Waals surface area contributed by atoms with Crippen LogP contribution in [-0.4, -0.2) is 19.0 Å².